The maximum absolute atomic E-state index is 9.09. The minimum absolute atomic E-state index is 0.0895. The molecule has 1 saturated heterocycles. The summed E-state index contributed by atoms with van der Waals surface area (Å²) in [6, 6.07) is 8.96. The van der Waals surface area contributed by atoms with Gasteiger partial charge >= 0.3 is 0 Å². The van der Waals surface area contributed by atoms with E-state index in [9.17, 15) is 0 Å². The summed E-state index contributed by atoms with van der Waals surface area (Å²) in [6.07, 6.45) is 9.85. The molecule has 0 amide bonds. The highest BCUT2D eigenvalue weighted by Crippen LogP contribution is 2.66. The van der Waals surface area contributed by atoms with E-state index >= 15 is 0 Å². The molecule has 0 radical (unpaired) electrons. The Bertz CT molecular complexity index is 1080. The number of allylic oxidation sites excluding steroid dienone is 2. The molecule has 3 nitrogen and oxygen atoms in total. The zero-order valence-corrected chi connectivity index (χ0v) is 22.7. The maximum Gasteiger partial charge on any atom is 0.169 e. The molecule has 3 saturated carbocycles. The van der Waals surface area contributed by atoms with Crippen LogP contribution < -0.4 is 0 Å². The summed E-state index contributed by atoms with van der Waals surface area (Å²) in [7, 11) is 0. The van der Waals surface area contributed by atoms with Crippen LogP contribution in [0.4, 0.5) is 0 Å². The Morgan fingerprint density at radius 1 is 0.972 bits per heavy atom. The number of fused-ring (bicyclic) bond motifs is 4. The minimum atomic E-state index is -0.356. The average Bonchev–Trinajstić information content (AvgIpc) is 3.18. The molecule has 3 heteroatoms. The average molecular weight is 489 g/mol. The van der Waals surface area contributed by atoms with Gasteiger partial charge in [0.15, 0.2) is 5.79 Å². The Labute approximate surface area is 218 Å². The van der Waals surface area contributed by atoms with Gasteiger partial charge < -0.3 is 14.6 Å². The van der Waals surface area contributed by atoms with Crippen molar-refractivity contribution in [2.24, 2.45) is 34.5 Å². The third kappa shape index (κ3) is 4.09. The zero-order valence-electron chi connectivity index (χ0n) is 22.7. The van der Waals surface area contributed by atoms with E-state index < -0.39 is 0 Å². The fraction of sp³-hybridized carbons (Fsp3) is 0.697. The molecular formula is C33H44O3. The molecule has 1 aliphatic heterocycles. The summed E-state index contributed by atoms with van der Waals surface area (Å²) in [5, 5.41) is 9.09. The fourth-order valence-corrected chi connectivity index (χ4v) is 8.72. The van der Waals surface area contributed by atoms with Gasteiger partial charge in [-0.2, -0.15) is 0 Å². The molecule has 1 heterocycles. The highest BCUT2D eigenvalue weighted by Gasteiger charge is 2.57. The number of hydrogen-bond donors (Lipinski definition) is 1. The van der Waals surface area contributed by atoms with Crippen molar-refractivity contribution >= 4 is 0 Å². The molecule has 1 spiro atoms. The summed E-state index contributed by atoms with van der Waals surface area (Å²) in [5.41, 5.74) is 6.58. The summed E-state index contributed by atoms with van der Waals surface area (Å²) >= 11 is 0. The van der Waals surface area contributed by atoms with Gasteiger partial charge in [0.25, 0.3) is 0 Å². The van der Waals surface area contributed by atoms with E-state index in [-0.39, 0.29) is 17.8 Å². The van der Waals surface area contributed by atoms with E-state index in [1.165, 1.54) is 37.7 Å². The Morgan fingerprint density at radius 2 is 1.72 bits per heavy atom. The first-order valence-corrected chi connectivity index (χ1v) is 14.4. The maximum atomic E-state index is 9.09. The van der Waals surface area contributed by atoms with Crippen LogP contribution >= 0.6 is 0 Å². The monoisotopic (exact) mass is 488 g/mol. The van der Waals surface area contributed by atoms with Crippen LogP contribution in [0.15, 0.2) is 35.4 Å². The molecule has 1 N–H and O–H groups in total. The van der Waals surface area contributed by atoms with Crippen molar-refractivity contribution in [2.45, 2.75) is 90.8 Å². The lowest BCUT2D eigenvalue weighted by Crippen LogP contribution is -2.51. The predicted octanol–water partition coefficient (Wildman–Crippen LogP) is 6.85. The Kier molecular flexibility index (Phi) is 6.18. The first-order valence-electron chi connectivity index (χ1n) is 14.4. The van der Waals surface area contributed by atoms with Gasteiger partial charge in [0.05, 0.1) is 13.2 Å². The van der Waals surface area contributed by atoms with Crippen LogP contribution in [-0.2, 0) is 9.47 Å². The van der Waals surface area contributed by atoms with Crippen LogP contribution in [0.1, 0.15) is 96.1 Å². The highest BCUT2D eigenvalue weighted by atomic mass is 16.7. The van der Waals surface area contributed by atoms with E-state index in [0.717, 1.165) is 55.8 Å². The van der Waals surface area contributed by atoms with Crippen LogP contribution in [-0.4, -0.2) is 30.7 Å². The predicted molar refractivity (Wildman–Crippen MR) is 143 cm³/mol. The molecule has 1 aromatic rings. The first-order chi connectivity index (χ1) is 17.2. The molecule has 0 bridgehead atoms. The molecular weight excluding hydrogens is 444 g/mol. The topological polar surface area (TPSA) is 38.7 Å². The van der Waals surface area contributed by atoms with Crippen molar-refractivity contribution in [2.75, 3.05) is 19.8 Å². The second kappa shape index (κ2) is 9.00. The van der Waals surface area contributed by atoms with Gasteiger partial charge in [-0.05, 0) is 85.3 Å². The number of hydrogen-bond acceptors (Lipinski definition) is 3. The van der Waals surface area contributed by atoms with Crippen LogP contribution in [0.3, 0.4) is 0 Å². The van der Waals surface area contributed by atoms with E-state index in [1.54, 1.807) is 5.57 Å². The van der Waals surface area contributed by atoms with E-state index in [0.29, 0.717) is 17.3 Å². The molecule has 5 aliphatic rings. The van der Waals surface area contributed by atoms with E-state index in [2.05, 4.69) is 63.8 Å². The van der Waals surface area contributed by atoms with Gasteiger partial charge in [-0.3, -0.25) is 0 Å². The van der Waals surface area contributed by atoms with Crippen LogP contribution in [0.2, 0.25) is 0 Å². The quantitative estimate of drug-likeness (QED) is 0.347. The van der Waals surface area contributed by atoms with Crippen molar-refractivity contribution < 1.29 is 14.6 Å². The molecule has 1 aromatic carbocycles. The standard InChI is InChI=1S/C33H44O3/c1-22-7-14-29-27-13-12-25-18-33(35-20-31(2,3)21-36-33)16-15-26(25)30(27)28(19-32(22,29)4)24-10-8-23(9-11-24)6-5-17-34/h8-11,22,25,27-29,34H,7,12-21H2,1-4H3/t22-,25?,27?,28+,29?,32?/m0/s1. The lowest BCUT2D eigenvalue weighted by molar-refractivity contribution is -0.312. The second-order valence-corrected chi connectivity index (χ2v) is 13.6. The van der Waals surface area contributed by atoms with Crippen LogP contribution in [0.5, 0.6) is 0 Å². The normalized spacial score (nSPS) is 38.5. The smallest absolute Gasteiger partial charge is 0.169 e. The Morgan fingerprint density at radius 3 is 2.44 bits per heavy atom. The van der Waals surface area contributed by atoms with Crippen LogP contribution in [0, 0.1) is 46.3 Å². The number of ether oxygens (including phenoxy) is 2. The number of aliphatic hydroxyl groups excluding tert-OH is 1. The van der Waals surface area contributed by atoms with Gasteiger partial charge in [0.1, 0.15) is 6.61 Å². The molecule has 4 fully saturated rings. The van der Waals surface area contributed by atoms with Gasteiger partial charge in [-0.15, -0.1) is 0 Å². The van der Waals surface area contributed by atoms with Gasteiger partial charge in [-0.25, -0.2) is 0 Å². The number of benzene rings is 1. The van der Waals surface area contributed by atoms with Crippen molar-refractivity contribution in [1.29, 1.82) is 0 Å². The summed E-state index contributed by atoms with van der Waals surface area (Å²) in [4.78, 5) is 0. The number of aliphatic hydroxyl groups is 1. The minimum Gasteiger partial charge on any atom is -0.384 e. The molecule has 194 valence electrons. The molecule has 6 rings (SSSR count). The first kappa shape index (κ1) is 24.7. The van der Waals surface area contributed by atoms with Crippen LogP contribution in [0.25, 0.3) is 0 Å². The molecule has 4 aliphatic carbocycles. The summed E-state index contributed by atoms with van der Waals surface area (Å²) in [5.74, 6) is 8.99. The lowest BCUT2D eigenvalue weighted by Gasteiger charge is -2.55. The Balaban J connectivity index is 1.36. The lowest BCUT2D eigenvalue weighted by atomic mass is 9.51. The fourth-order valence-electron chi connectivity index (χ4n) is 8.72. The van der Waals surface area contributed by atoms with Crippen molar-refractivity contribution in [3.63, 3.8) is 0 Å². The largest absolute Gasteiger partial charge is 0.384 e. The highest BCUT2D eigenvalue weighted by molar-refractivity contribution is 5.43. The third-order valence-corrected chi connectivity index (χ3v) is 10.9. The zero-order chi connectivity index (χ0) is 25.1. The third-order valence-electron chi connectivity index (χ3n) is 10.9. The van der Waals surface area contributed by atoms with E-state index in [4.69, 9.17) is 14.6 Å². The SMILES string of the molecule is C[C@H]1CCC2C3CCC4CC5(CCC4=C3[C@@H](c3ccc(C#CCO)cc3)CC21C)OCC(C)(C)CO5. The second-order valence-electron chi connectivity index (χ2n) is 13.6. The van der Waals surface area contributed by atoms with Gasteiger partial charge in [-0.1, -0.05) is 62.8 Å². The van der Waals surface area contributed by atoms with E-state index in [1.807, 2.05) is 5.57 Å². The van der Waals surface area contributed by atoms with Gasteiger partial charge in [0, 0.05) is 29.7 Å². The van der Waals surface area contributed by atoms with Gasteiger partial charge in [0.2, 0.25) is 0 Å². The number of rotatable bonds is 1. The Hall–Kier alpha value is -1.60. The molecule has 6 atom stereocenters. The molecule has 4 unspecified atom stereocenters. The van der Waals surface area contributed by atoms with Crippen molar-refractivity contribution in [3.05, 3.63) is 46.5 Å². The summed E-state index contributed by atoms with van der Waals surface area (Å²) < 4.78 is 13.0. The van der Waals surface area contributed by atoms with Crippen molar-refractivity contribution in [1.82, 2.24) is 0 Å². The molecule has 0 aromatic heterocycles. The molecule has 36 heavy (non-hydrogen) atoms. The van der Waals surface area contributed by atoms with Crippen molar-refractivity contribution in [3.8, 4) is 11.8 Å². The summed E-state index contributed by atoms with van der Waals surface area (Å²) in [6.45, 7) is 11.1.